The summed E-state index contributed by atoms with van der Waals surface area (Å²) in [6.07, 6.45) is 2.29. The van der Waals surface area contributed by atoms with E-state index in [-0.39, 0.29) is 11.5 Å². The van der Waals surface area contributed by atoms with E-state index in [1.807, 2.05) is 6.07 Å². The Morgan fingerprint density at radius 1 is 1.33 bits per heavy atom. The van der Waals surface area contributed by atoms with E-state index in [1.54, 1.807) is 7.11 Å². The minimum Gasteiger partial charge on any atom is -0.496 e. The van der Waals surface area contributed by atoms with E-state index in [9.17, 15) is 0 Å². The average molecular weight is 248 g/mol. The standard InChI is InChI=1S/C15H24N2O/c1-10(2)12-8-11(4-5-13(12)18-3)14(17)15(9-16)6-7-15/h4-5,8,10,14H,6-7,9,16-17H2,1-3H3. The highest BCUT2D eigenvalue weighted by Crippen LogP contribution is 2.53. The molecular formula is C15H24N2O. The van der Waals surface area contributed by atoms with Gasteiger partial charge in [0.2, 0.25) is 0 Å². The van der Waals surface area contributed by atoms with Crippen LogP contribution in [0.15, 0.2) is 18.2 Å². The first-order chi connectivity index (χ1) is 8.54. The van der Waals surface area contributed by atoms with Gasteiger partial charge in [-0.15, -0.1) is 0 Å². The minimum absolute atomic E-state index is 0.0471. The van der Waals surface area contributed by atoms with Crippen molar-refractivity contribution in [2.75, 3.05) is 13.7 Å². The van der Waals surface area contributed by atoms with Crippen molar-refractivity contribution in [2.24, 2.45) is 16.9 Å². The zero-order valence-corrected chi connectivity index (χ0v) is 11.6. The van der Waals surface area contributed by atoms with Gasteiger partial charge >= 0.3 is 0 Å². The maximum absolute atomic E-state index is 6.39. The second-order valence-electron chi connectivity index (χ2n) is 5.70. The van der Waals surface area contributed by atoms with Crippen molar-refractivity contribution in [3.63, 3.8) is 0 Å². The van der Waals surface area contributed by atoms with Crippen LogP contribution in [0.1, 0.15) is 49.8 Å². The molecular weight excluding hydrogens is 224 g/mol. The van der Waals surface area contributed by atoms with Gasteiger partial charge in [-0.3, -0.25) is 0 Å². The van der Waals surface area contributed by atoms with Crippen LogP contribution in [0.3, 0.4) is 0 Å². The molecule has 0 aliphatic heterocycles. The highest BCUT2D eigenvalue weighted by atomic mass is 16.5. The lowest BCUT2D eigenvalue weighted by atomic mass is 9.88. The van der Waals surface area contributed by atoms with Gasteiger partial charge in [0, 0.05) is 11.5 Å². The molecule has 1 unspecified atom stereocenters. The Balaban J connectivity index is 2.32. The summed E-state index contributed by atoms with van der Waals surface area (Å²) in [5.41, 5.74) is 14.8. The Labute approximate surface area is 110 Å². The molecule has 1 atom stereocenters. The van der Waals surface area contributed by atoms with Gasteiger partial charge in [-0.05, 0) is 42.5 Å². The SMILES string of the molecule is COc1ccc(C(N)C2(CN)CC2)cc1C(C)C. The molecule has 0 radical (unpaired) electrons. The van der Waals surface area contributed by atoms with Crippen LogP contribution in [-0.2, 0) is 0 Å². The zero-order valence-electron chi connectivity index (χ0n) is 11.6. The fraction of sp³-hybridized carbons (Fsp3) is 0.600. The first kappa shape index (κ1) is 13.4. The molecule has 1 aliphatic rings. The largest absolute Gasteiger partial charge is 0.496 e. The minimum atomic E-state index is 0.0471. The predicted octanol–water partition coefficient (Wildman–Crippen LogP) is 2.56. The summed E-state index contributed by atoms with van der Waals surface area (Å²) < 4.78 is 5.40. The summed E-state index contributed by atoms with van der Waals surface area (Å²) in [5.74, 6) is 1.37. The highest BCUT2D eigenvalue weighted by Gasteiger charge is 2.47. The molecule has 1 aliphatic carbocycles. The molecule has 1 fully saturated rings. The van der Waals surface area contributed by atoms with E-state index in [4.69, 9.17) is 16.2 Å². The number of rotatable bonds is 5. The normalized spacial score (nSPS) is 18.8. The number of benzene rings is 1. The van der Waals surface area contributed by atoms with Crippen LogP contribution in [0.5, 0.6) is 5.75 Å². The van der Waals surface area contributed by atoms with Crippen LogP contribution < -0.4 is 16.2 Å². The third-order valence-corrected chi connectivity index (χ3v) is 4.19. The number of hydrogen-bond acceptors (Lipinski definition) is 3. The maximum atomic E-state index is 6.39. The van der Waals surface area contributed by atoms with Gasteiger partial charge < -0.3 is 16.2 Å². The first-order valence-corrected chi connectivity index (χ1v) is 6.67. The molecule has 0 amide bonds. The van der Waals surface area contributed by atoms with Crippen LogP contribution in [-0.4, -0.2) is 13.7 Å². The Morgan fingerprint density at radius 3 is 2.44 bits per heavy atom. The van der Waals surface area contributed by atoms with Crippen molar-refractivity contribution < 1.29 is 4.74 Å². The quantitative estimate of drug-likeness (QED) is 0.842. The Bertz CT molecular complexity index is 425. The molecule has 18 heavy (non-hydrogen) atoms. The van der Waals surface area contributed by atoms with Gasteiger partial charge in [-0.2, -0.15) is 0 Å². The van der Waals surface area contributed by atoms with Gasteiger partial charge in [0.25, 0.3) is 0 Å². The fourth-order valence-electron chi connectivity index (χ4n) is 2.55. The monoisotopic (exact) mass is 248 g/mol. The van der Waals surface area contributed by atoms with E-state index >= 15 is 0 Å². The zero-order chi connectivity index (χ0) is 13.3. The van der Waals surface area contributed by atoms with Crippen molar-refractivity contribution in [1.29, 1.82) is 0 Å². The predicted molar refractivity (Wildman–Crippen MR) is 74.7 cm³/mol. The van der Waals surface area contributed by atoms with E-state index < -0.39 is 0 Å². The summed E-state index contributed by atoms with van der Waals surface area (Å²) in [6.45, 7) is 5.02. The third-order valence-electron chi connectivity index (χ3n) is 4.19. The van der Waals surface area contributed by atoms with E-state index in [0.717, 1.165) is 18.6 Å². The lowest BCUT2D eigenvalue weighted by Gasteiger charge is -2.23. The third kappa shape index (κ3) is 2.25. The van der Waals surface area contributed by atoms with Crippen molar-refractivity contribution >= 4 is 0 Å². The van der Waals surface area contributed by atoms with Crippen molar-refractivity contribution in [1.82, 2.24) is 0 Å². The molecule has 0 aromatic heterocycles. The summed E-state index contributed by atoms with van der Waals surface area (Å²) >= 11 is 0. The molecule has 1 aromatic rings. The summed E-state index contributed by atoms with van der Waals surface area (Å²) in [4.78, 5) is 0. The Kier molecular flexibility index (Phi) is 3.64. The van der Waals surface area contributed by atoms with Gasteiger partial charge in [0.05, 0.1) is 7.11 Å². The number of methoxy groups -OCH3 is 1. The Morgan fingerprint density at radius 2 is 2.00 bits per heavy atom. The number of ether oxygens (including phenoxy) is 1. The summed E-state index contributed by atoms with van der Waals surface area (Å²) in [5, 5.41) is 0. The summed E-state index contributed by atoms with van der Waals surface area (Å²) in [6, 6.07) is 6.33. The van der Waals surface area contributed by atoms with Crippen LogP contribution in [0, 0.1) is 5.41 Å². The topological polar surface area (TPSA) is 61.3 Å². The smallest absolute Gasteiger partial charge is 0.122 e. The lowest BCUT2D eigenvalue weighted by Crippen LogP contribution is -2.29. The van der Waals surface area contributed by atoms with Crippen molar-refractivity contribution in [3.05, 3.63) is 29.3 Å². The fourth-order valence-corrected chi connectivity index (χ4v) is 2.55. The number of hydrogen-bond donors (Lipinski definition) is 2. The first-order valence-electron chi connectivity index (χ1n) is 6.67. The molecule has 2 rings (SSSR count). The van der Waals surface area contributed by atoms with Gasteiger partial charge in [0.1, 0.15) is 5.75 Å². The molecule has 4 N–H and O–H groups in total. The van der Waals surface area contributed by atoms with Crippen LogP contribution in [0.4, 0.5) is 0 Å². The molecule has 0 saturated heterocycles. The maximum Gasteiger partial charge on any atom is 0.122 e. The van der Waals surface area contributed by atoms with Crippen LogP contribution >= 0.6 is 0 Å². The second-order valence-corrected chi connectivity index (χ2v) is 5.70. The van der Waals surface area contributed by atoms with Gasteiger partial charge in [-0.1, -0.05) is 26.0 Å². The molecule has 1 aromatic carbocycles. The van der Waals surface area contributed by atoms with Gasteiger partial charge in [0.15, 0.2) is 0 Å². The van der Waals surface area contributed by atoms with Gasteiger partial charge in [-0.25, -0.2) is 0 Å². The molecule has 1 saturated carbocycles. The molecule has 0 spiro atoms. The highest BCUT2D eigenvalue weighted by molar-refractivity contribution is 5.41. The summed E-state index contributed by atoms with van der Waals surface area (Å²) in [7, 11) is 1.71. The van der Waals surface area contributed by atoms with E-state index in [0.29, 0.717) is 12.5 Å². The van der Waals surface area contributed by atoms with Crippen molar-refractivity contribution in [3.8, 4) is 5.75 Å². The van der Waals surface area contributed by atoms with Crippen LogP contribution in [0.2, 0.25) is 0 Å². The van der Waals surface area contributed by atoms with Crippen molar-refractivity contribution in [2.45, 2.75) is 38.6 Å². The van der Waals surface area contributed by atoms with Crippen LogP contribution in [0.25, 0.3) is 0 Å². The second kappa shape index (κ2) is 4.90. The molecule has 100 valence electrons. The molecule has 0 heterocycles. The molecule has 0 bridgehead atoms. The number of nitrogens with two attached hydrogens (primary N) is 2. The molecule has 3 nitrogen and oxygen atoms in total. The Hall–Kier alpha value is -1.06. The lowest BCUT2D eigenvalue weighted by molar-refractivity contribution is 0.402. The molecule has 3 heteroatoms. The average Bonchev–Trinajstić information content (AvgIpc) is 3.18. The van der Waals surface area contributed by atoms with E-state index in [2.05, 4.69) is 26.0 Å². The van der Waals surface area contributed by atoms with E-state index in [1.165, 1.54) is 11.1 Å².